The molecule has 0 aliphatic carbocycles. The lowest BCUT2D eigenvalue weighted by Gasteiger charge is -2.13. The summed E-state index contributed by atoms with van der Waals surface area (Å²) in [7, 11) is 2.00. The molecule has 0 heterocycles. The van der Waals surface area contributed by atoms with E-state index >= 15 is 0 Å². The molecule has 1 nitrogen and oxygen atoms in total. The molecule has 90 valence electrons. The van der Waals surface area contributed by atoms with Crippen molar-refractivity contribution in [1.29, 1.82) is 0 Å². The highest BCUT2D eigenvalue weighted by Gasteiger charge is 2.15. The van der Waals surface area contributed by atoms with E-state index < -0.39 is 0 Å². The molecule has 1 rings (SSSR count). The van der Waals surface area contributed by atoms with Gasteiger partial charge in [0.05, 0.1) is 0 Å². The molecule has 0 aliphatic heterocycles. The van der Waals surface area contributed by atoms with Gasteiger partial charge in [0.25, 0.3) is 0 Å². The lowest BCUT2D eigenvalue weighted by Crippen LogP contribution is -2.07. The largest absolute Gasteiger partial charge is 0.205 e. The molecule has 0 bridgehead atoms. The maximum Gasteiger partial charge on any atom is 0.205 e. The van der Waals surface area contributed by atoms with E-state index in [2.05, 4.69) is 51.3 Å². The number of allylic oxidation sites excluding steroid dienone is 1. The van der Waals surface area contributed by atoms with Gasteiger partial charge in [0.15, 0.2) is 6.21 Å². The molecular weight excluding hydrogens is 206 g/mol. The molecule has 0 saturated carbocycles. The third-order valence-corrected chi connectivity index (χ3v) is 3.17. The molecule has 0 fully saturated rings. The SMILES string of the molecule is C=CC=[N+](C)C(=C)c1ccccc1C(C)CC. The third-order valence-electron chi connectivity index (χ3n) is 3.17. The average Bonchev–Trinajstić information content (AvgIpc) is 2.37. The van der Waals surface area contributed by atoms with Crippen molar-refractivity contribution in [2.75, 3.05) is 7.05 Å². The van der Waals surface area contributed by atoms with Gasteiger partial charge in [0.1, 0.15) is 7.05 Å². The molecule has 1 heteroatoms. The minimum atomic E-state index is 0.556. The van der Waals surface area contributed by atoms with Crippen LogP contribution in [0.4, 0.5) is 0 Å². The smallest absolute Gasteiger partial charge is 0.202 e. The first kappa shape index (κ1) is 13.4. The first-order chi connectivity index (χ1) is 8.11. The molecule has 1 unspecified atom stereocenters. The van der Waals surface area contributed by atoms with Crippen LogP contribution in [-0.4, -0.2) is 17.8 Å². The quantitative estimate of drug-likeness (QED) is 0.528. The molecule has 0 saturated heterocycles. The Balaban J connectivity index is 3.18. The van der Waals surface area contributed by atoms with Crippen LogP contribution in [-0.2, 0) is 0 Å². The van der Waals surface area contributed by atoms with Crippen molar-refractivity contribution >= 4 is 11.9 Å². The summed E-state index contributed by atoms with van der Waals surface area (Å²) < 4.78 is 2.01. The number of hydrogen-bond acceptors (Lipinski definition) is 0. The van der Waals surface area contributed by atoms with Gasteiger partial charge in [-0.3, -0.25) is 0 Å². The topological polar surface area (TPSA) is 3.01 Å². The lowest BCUT2D eigenvalue weighted by atomic mass is 9.92. The lowest BCUT2D eigenvalue weighted by molar-refractivity contribution is -0.389. The first-order valence-electron chi connectivity index (χ1n) is 6.08. The van der Waals surface area contributed by atoms with Crippen molar-refractivity contribution in [3.8, 4) is 0 Å². The average molecular weight is 228 g/mol. The Morgan fingerprint density at radius 2 is 2.06 bits per heavy atom. The molecule has 0 amide bonds. The fraction of sp³-hybridized carbons (Fsp3) is 0.312. The second-order valence-corrected chi connectivity index (χ2v) is 4.34. The summed E-state index contributed by atoms with van der Waals surface area (Å²) in [5.41, 5.74) is 3.60. The van der Waals surface area contributed by atoms with E-state index in [9.17, 15) is 0 Å². The molecular formula is C16H22N+. The van der Waals surface area contributed by atoms with Gasteiger partial charge in [-0.05, 0) is 36.6 Å². The summed E-state index contributed by atoms with van der Waals surface area (Å²) in [5.74, 6) is 0.556. The van der Waals surface area contributed by atoms with Crippen LogP contribution in [0.1, 0.15) is 37.3 Å². The van der Waals surface area contributed by atoms with Crippen molar-refractivity contribution in [3.63, 3.8) is 0 Å². The molecule has 0 spiro atoms. The van der Waals surface area contributed by atoms with Crippen LogP contribution in [0.15, 0.2) is 43.5 Å². The van der Waals surface area contributed by atoms with Crippen molar-refractivity contribution in [3.05, 3.63) is 54.6 Å². The highest BCUT2D eigenvalue weighted by molar-refractivity contribution is 5.70. The van der Waals surface area contributed by atoms with Crippen LogP contribution in [0.25, 0.3) is 5.70 Å². The molecule has 0 aliphatic rings. The standard InChI is InChI=1S/C16H22N/c1-6-12-17(5)14(4)16-11-9-8-10-15(16)13(3)7-2/h6,8-13H,1,4,7H2,2-3,5H3/q+1. The third kappa shape index (κ3) is 3.16. The van der Waals surface area contributed by atoms with E-state index in [-0.39, 0.29) is 0 Å². The maximum absolute atomic E-state index is 4.17. The Labute approximate surface area is 105 Å². The van der Waals surface area contributed by atoms with Gasteiger partial charge < -0.3 is 0 Å². The summed E-state index contributed by atoms with van der Waals surface area (Å²) in [4.78, 5) is 0. The summed E-state index contributed by atoms with van der Waals surface area (Å²) >= 11 is 0. The van der Waals surface area contributed by atoms with Crippen LogP contribution >= 0.6 is 0 Å². The van der Waals surface area contributed by atoms with Crippen LogP contribution in [0.5, 0.6) is 0 Å². The first-order valence-corrected chi connectivity index (χ1v) is 6.08. The molecule has 1 aromatic carbocycles. The van der Waals surface area contributed by atoms with Crippen LogP contribution < -0.4 is 0 Å². The predicted octanol–water partition coefficient (Wildman–Crippen LogP) is 4.07. The Bertz CT molecular complexity index is 441. The fourth-order valence-electron chi connectivity index (χ4n) is 1.85. The van der Waals surface area contributed by atoms with Gasteiger partial charge in [-0.1, -0.05) is 38.6 Å². The zero-order valence-electron chi connectivity index (χ0n) is 11.1. The minimum Gasteiger partial charge on any atom is -0.202 e. The zero-order valence-corrected chi connectivity index (χ0v) is 11.1. The summed E-state index contributed by atoms with van der Waals surface area (Å²) in [6.45, 7) is 12.3. The van der Waals surface area contributed by atoms with Gasteiger partial charge in [0.2, 0.25) is 5.70 Å². The monoisotopic (exact) mass is 228 g/mol. The van der Waals surface area contributed by atoms with Crippen molar-refractivity contribution < 1.29 is 4.58 Å². The second kappa shape index (κ2) is 6.19. The van der Waals surface area contributed by atoms with E-state index in [1.807, 2.05) is 17.8 Å². The van der Waals surface area contributed by atoms with Gasteiger partial charge in [-0.2, -0.15) is 0 Å². The van der Waals surface area contributed by atoms with Gasteiger partial charge in [-0.25, -0.2) is 4.58 Å². The van der Waals surface area contributed by atoms with Crippen LogP contribution in [0, 0.1) is 0 Å². The Kier molecular flexibility index (Phi) is 4.89. The zero-order chi connectivity index (χ0) is 12.8. The Morgan fingerprint density at radius 1 is 1.41 bits per heavy atom. The maximum atomic E-state index is 4.17. The van der Waals surface area contributed by atoms with E-state index in [0.717, 1.165) is 12.1 Å². The second-order valence-electron chi connectivity index (χ2n) is 4.34. The molecule has 1 atom stereocenters. The molecule has 17 heavy (non-hydrogen) atoms. The highest BCUT2D eigenvalue weighted by atomic mass is 15.0. The van der Waals surface area contributed by atoms with E-state index in [1.54, 1.807) is 6.08 Å². The van der Waals surface area contributed by atoms with Gasteiger partial charge >= 0.3 is 0 Å². The normalized spacial score (nSPS) is 13.2. The van der Waals surface area contributed by atoms with Crippen LogP contribution in [0.2, 0.25) is 0 Å². The number of rotatable bonds is 5. The van der Waals surface area contributed by atoms with Gasteiger partial charge in [-0.15, -0.1) is 0 Å². The van der Waals surface area contributed by atoms with E-state index in [4.69, 9.17) is 0 Å². The fourth-order valence-corrected chi connectivity index (χ4v) is 1.85. The van der Waals surface area contributed by atoms with Crippen LogP contribution in [0.3, 0.4) is 0 Å². The minimum absolute atomic E-state index is 0.556. The molecule has 0 N–H and O–H groups in total. The van der Waals surface area contributed by atoms with Crippen molar-refractivity contribution in [1.82, 2.24) is 0 Å². The number of hydrogen-bond donors (Lipinski definition) is 0. The van der Waals surface area contributed by atoms with E-state index in [1.165, 1.54) is 11.1 Å². The summed E-state index contributed by atoms with van der Waals surface area (Å²) in [6, 6.07) is 8.48. The van der Waals surface area contributed by atoms with Crippen molar-refractivity contribution in [2.45, 2.75) is 26.2 Å². The predicted molar refractivity (Wildman–Crippen MR) is 76.6 cm³/mol. The Morgan fingerprint density at radius 3 is 2.65 bits per heavy atom. The summed E-state index contributed by atoms with van der Waals surface area (Å²) in [6.07, 6.45) is 4.84. The van der Waals surface area contributed by atoms with E-state index in [0.29, 0.717) is 5.92 Å². The van der Waals surface area contributed by atoms with Gasteiger partial charge in [0, 0.05) is 5.56 Å². The molecule has 1 aromatic rings. The molecule has 0 aromatic heterocycles. The summed E-state index contributed by atoms with van der Waals surface area (Å²) in [5, 5.41) is 0. The van der Waals surface area contributed by atoms with Crippen molar-refractivity contribution in [2.24, 2.45) is 0 Å². The highest BCUT2D eigenvalue weighted by Crippen LogP contribution is 2.26. The Hall–Kier alpha value is -1.63. The number of nitrogens with zero attached hydrogens (tertiary/aromatic N) is 1. The molecule has 0 radical (unpaired) electrons. The number of benzene rings is 1.